The Balaban J connectivity index is 3.01. The van der Waals surface area contributed by atoms with E-state index in [4.69, 9.17) is 16.7 Å². The summed E-state index contributed by atoms with van der Waals surface area (Å²) in [7, 11) is 0. The number of nitro groups is 1. The molecule has 0 amide bonds. The second-order valence-electron chi connectivity index (χ2n) is 4.03. The fourth-order valence-electron chi connectivity index (χ4n) is 1.53. The maximum absolute atomic E-state index is 12.6. The normalized spacial score (nSPS) is 11.2. The van der Waals surface area contributed by atoms with Gasteiger partial charge in [-0.2, -0.15) is 13.2 Å². The van der Waals surface area contributed by atoms with Crippen LogP contribution in [0.4, 0.5) is 24.5 Å². The Morgan fingerprint density at radius 3 is 2.52 bits per heavy atom. The van der Waals surface area contributed by atoms with Crippen molar-refractivity contribution in [3.8, 4) is 0 Å². The number of carboxylic acids is 1. The molecule has 0 aromatic heterocycles. The Morgan fingerprint density at radius 1 is 1.43 bits per heavy atom. The van der Waals surface area contributed by atoms with Crippen molar-refractivity contribution in [3.05, 3.63) is 32.8 Å². The minimum atomic E-state index is -4.80. The van der Waals surface area contributed by atoms with Crippen molar-refractivity contribution in [1.82, 2.24) is 0 Å². The van der Waals surface area contributed by atoms with Crippen LogP contribution in [0.1, 0.15) is 18.4 Å². The van der Waals surface area contributed by atoms with Gasteiger partial charge in [0.1, 0.15) is 5.69 Å². The number of hydrogen-bond acceptors (Lipinski definition) is 4. The molecule has 0 fully saturated rings. The number of halogens is 4. The Hall–Kier alpha value is -2.03. The van der Waals surface area contributed by atoms with Gasteiger partial charge >= 0.3 is 12.1 Å². The zero-order valence-corrected chi connectivity index (χ0v) is 11.2. The molecule has 0 aliphatic heterocycles. The maximum Gasteiger partial charge on any atom is 0.418 e. The average molecular weight is 327 g/mol. The smallest absolute Gasteiger partial charge is 0.418 e. The van der Waals surface area contributed by atoms with Crippen LogP contribution in [0, 0.1) is 10.1 Å². The Morgan fingerprint density at radius 2 is 2.05 bits per heavy atom. The first kappa shape index (κ1) is 17.0. The molecule has 6 nitrogen and oxygen atoms in total. The Kier molecular flexibility index (Phi) is 5.36. The van der Waals surface area contributed by atoms with E-state index in [1.54, 1.807) is 0 Å². The average Bonchev–Trinajstić information content (AvgIpc) is 2.32. The first-order valence-corrected chi connectivity index (χ1v) is 6.01. The largest absolute Gasteiger partial charge is 0.481 e. The summed E-state index contributed by atoms with van der Waals surface area (Å²) in [5.74, 6) is -1.04. The predicted molar refractivity (Wildman–Crippen MR) is 68.5 cm³/mol. The number of nitrogens with zero attached hydrogens (tertiary/aromatic N) is 1. The molecule has 1 rings (SSSR count). The highest BCUT2D eigenvalue weighted by Gasteiger charge is 2.36. The molecule has 21 heavy (non-hydrogen) atoms. The van der Waals surface area contributed by atoms with Crippen LogP contribution in [-0.4, -0.2) is 22.5 Å². The third kappa shape index (κ3) is 4.78. The fourth-order valence-corrected chi connectivity index (χ4v) is 1.81. The lowest BCUT2D eigenvalue weighted by Gasteiger charge is -2.12. The summed E-state index contributed by atoms with van der Waals surface area (Å²) in [4.78, 5) is 20.2. The molecule has 116 valence electrons. The number of aliphatic carboxylic acids is 1. The van der Waals surface area contributed by atoms with Crippen molar-refractivity contribution < 1.29 is 28.0 Å². The van der Waals surface area contributed by atoms with Crippen LogP contribution in [-0.2, 0) is 11.0 Å². The molecule has 0 bridgehead atoms. The first-order valence-electron chi connectivity index (χ1n) is 5.63. The van der Waals surface area contributed by atoms with Gasteiger partial charge in [0.2, 0.25) is 0 Å². The summed E-state index contributed by atoms with van der Waals surface area (Å²) in [6.07, 6.45) is -4.82. The van der Waals surface area contributed by atoms with Gasteiger partial charge in [-0.3, -0.25) is 14.9 Å². The third-order valence-electron chi connectivity index (χ3n) is 2.47. The Labute approximate surface area is 121 Å². The second kappa shape index (κ2) is 6.61. The molecule has 0 spiro atoms. The summed E-state index contributed by atoms with van der Waals surface area (Å²) in [5.41, 5.74) is -2.27. The predicted octanol–water partition coefficient (Wildman–Crippen LogP) is 3.54. The number of nitrogens with one attached hydrogen (secondary N) is 1. The molecule has 2 N–H and O–H groups in total. The Bertz CT molecular complexity index is 563. The number of alkyl halides is 3. The van der Waals surface area contributed by atoms with Crippen molar-refractivity contribution in [2.45, 2.75) is 19.0 Å². The molecule has 0 aliphatic carbocycles. The summed E-state index contributed by atoms with van der Waals surface area (Å²) in [5, 5.41) is 21.1. The van der Waals surface area contributed by atoms with Crippen molar-refractivity contribution in [1.29, 1.82) is 0 Å². The van der Waals surface area contributed by atoms with E-state index in [9.17, 15) is 28.1 Å². The highest BCUT2D eigenvalue weighted by Crippen LogP contribution is 2.40. The molecule has 0 saturated carbocycles. The standard InChI is InChI=1S/C11H10ClF3N2O4/c12-7-5-8(16-3-1-2-10(18)19)9(17(20)21)4-6(7)11(13,14)15/h4-5,16H,1-3H2,(H,18,19). The van der Waals surface area contributed by atoms with Gasteiger partial charge in [0.05, 0.1) is 15.5 Å². The SMILES string of the molecule is O=C(O)CCCNc1cc(Cl)c(C(F)(F)F)cc1[N+](=O)[O-]. The van der Waals surface area contributed by atoms with E-state index < -0.39 is 33.3 Å². The molecule has 0 aliphatic rings. The van der Waals surface area contributed by atoms with Crippen LogP contribution >= 0.6 is 11.6 Å². The van der Waals surface area contributed by atoms with Gasteiger partial charge in [0, 0.05) is 19.0 Å². The van der Waals surface area contributed by atoms with E-state index in [-0.39, 0.29) is 25.1 Å². The van der Waals surface area contributed by atoms with E-state index in [1.807, 2.05) is 0 Å². The third-order valence-corrected chi connectivity index (χ3v) is 2.78. The van der Waals surface area contributed by atoms with Crippen LogP contribution in [0.2, 0.25) is 5.02 Å². The van der Waals surface area contributed by atoms with E-state index >= 15 is 0 Å². The van der Waals surface area contributed by atoms with E-state index in [0.717, 1.165) is 6.07 Å². The van der Waals surface area contributed by atoms with Crippen LogP contribution in [0.5, 0.6) is 0 Å². The lowest BCUT2D eigenvalue weighted by atomic mass is 10.1. The molecule has 1 aromatic carbocycles. The topological polar surface area (TPSA) is 92.5 Å². The number of benzene rings is 1. The molecular formula is C11H10ClF3N2O4. The van der Waals surface area contributed by atoms with E-state index in [2.05, 4.69) is 5.32 Å². The maximum atomic E-state index is 12.6. The molecular weight excluding hydrogens is 317 g/mol. The summed E-state index contributed by atoms with van der Waals surface area (Å²) < 4.78 is 37.9. The van der Waals surface area contributed by atoms with Crippen LogP contribution in [0.25, 0.3) is 0 Å². The number of anilines is 1. The van der Waals surface area contributed by atoms with Crippen molar-refractivity contribution in [3.63, 3.8) is 0 Å². The second-order valence-corrected chi connectivity index (χ2v) is 4.44. The van der Waals surface area contributed by atoms with Gasteiger partial charge in [-0.25, -0.2) is 0 Å². The van der Waals surface area contributed by atoms with Gasteiger partial charge in [0.15, 0.2) is 0 Å². The number of hydrogen-bond donors (Lipinski definition) is 2. The summed E-state index contributed by atoms with van der Waals surface area (Å²) in [6, 6.07) is 1.16. The van der Waals surface area contributed by atoms with Gasteiger partial charge in [-0.05, 0) is 12.5 Å². The lowest BCUT2D eigenvalue weighted by Crippen LogP contribution is -2.10. The van der Waals surface area contributed by atoms with Gasteiger partial charge in [0.25, 0.3) is 5.69 Å². The van der Waals surface area contributed by atoms with E-state index in [0.29, 0.717) is 6.07 Å². The monoisotopic (exact) mass is 326 g/mol. The molecule has 0 unspecified atom stereocenters. The minimum Gasteiger partial charge on any atom is -0.481 e. The molecule has 0 saturated heterocycles. The number of carboxylic acid groups (broad SMARTS) is 1. The molecule has 0 atom stereocenters. The van der Waals surface area contributed by atoms with Gasteiger partial charge < -0.3 is 10.4 Å². The summed E-state index contributed by atoms with van der Waals surface area (Å²) in [6.45, 7) is 0.0504. The van der Waals surface area contributed by atoms with Crippen molar-refractivity contribution in [2.24, 2.45) is 0 Å². The number of rotatable bonds is 6. The lowest BCUT2D eigenvalue weighted by molar-refractivity contribution is -0.384. The van der Waals surface area contributed by atoms with Gasteiger partial charge in [-0.1, -0.05) is 11.6 Å². The molecule has 10 heteroatoms. The van der Waals surface area contributed by atoms with Crippen LogP contribution in [0.3, 0.4) is 0 Å². The van der Waals surface area contributed by atoms with Gasteiger partial charge in [-0.15, -0.1) is 0 Å². The van der Waals surface area contributed by atoms with E-state index in [1.165, 1.54) is 0 Å². The van der Waals surface area contributed by atoms with Crippen LogP contribution < -0.4 is 5.32 Å². The van der Waals surface area contributed by atoms with Crippen LogP contribution in [0.15, 0.2) is 12.1 Å². The zero-order valence-electron chi connectivity index (χ0n) is 10.4. The summed E-state index contributed by atoms with van der Waals surface area (Å²) >= 11 is 5.48. The molecule has 0 radical (unpaired) electrons. The number of carbonyl (C=O) groups is 1. The fraction of sp³-hybridized carbons (Fsp3) is 0.364. The highest BCUT2D eigenvalue weighted by atomic mass is 35.5. The van der Waals surface area contributed by atoms with Crippen molar-refractivity contribution in [2.75, 3.05) is 11.9 Å². The molecule has 1 aromatic rings. The van der Waals surface area contributed by atoms with Crippen molar-refractivity contribution >= 4 is 28.9 Å². The highest BCUT2D eigenvalue weighted by molar-refractivity contribution is 6.31. The first-order chi connectivity index (χ1) is 9.62. The molecule has 0 heterocycles. The zero-order chi connectivity index (χ0) is 16.2. The quantitative estimate of drug-likeness (QED) is 0.474. The number of nitro benzene ring substituents is 1. The minimum absolute atomic E-state index is 0.0504.